The Morgan fingerprint density at radius 1 is 1.16 bits per heavy atom. The van der Waals surface area contributed by atoms with Gasteiger partial charge in [0.15, 0.2) is 0 Å². The van der Waals surface area contributed by atoms with E-state index in [-0.39, 0.29) is 17.9 Å². The van der Waals surface area contributed by atoms with Crippen LogP contribution in [0.1, 0.15) is 52.7 Å². The molecule has 0 radical (unpaired) electrons. The van der Waals surface area contributed by atoms with E-state index in [1.54, 1.807) is 20.8 Å². The minimum Gasteiger partial charge on any atom is -0.425 e. The maximum absolute atomic E-state index is 13.3. The molecular formula is C28H36BrN3O5. The van der Waals surface area contributed by atoms with E-state index < -0.39 is 23.8 Å². The molecule has 8 nitrogen and oxygen atoms in total. The van der Waals surface area contributed by atoms with Gasteiger partial charge in [0.25, 0.3) is 0 Å². The zero-order valence-corrected chi connectivity index (χ0v) is 24.2. The van der Waals surface area contributed by atoms with Crippen LogP contribution in [-0.2, 0) is 25.5 Å². The summed E-state index contributed by atoms with van der Waals surface area (Å²) < 4.78 is 13.0. The van der Waals surface area contributed by atoms with Gasteiger partial charge in [0, 0.05) is 38.0 Å². The second-order valence-corrected chi connectivity index (χ2v) is 11.6. The minimum absolute atomic E-state index is 0.0914. The van der Waals surface area contributed by atoms with E-state index in [4.69, 9.17) is 9.47 Å². The molecule has 1 aromatic carbocycles. The average molecular weight is 575 g/mol. The van der Waals surface area contributed by atoms with Gasteiger partial charge in [-0.3, -0.25) is 14.5 Å². The van der Waals surface area contributed by atoms with Crippen LogP contribution in [0.25, 0.3) is 16.5 Å². The van der Waals surface area contributed by atoms with Gasteiger partial charge in [0.05, 0.1) is 21.5 Å². The third-order valence-electron chi connectivity index (χ3n) is 7.22. The fourth-order valence-corrected chi connectivity index (χ4v) is 5.94. The molecule has 0 saturated carbocycles. The van der Waals surface area contributed by atoms with Crippen LogP contribution in [0.3, 0.4) is 0 Å². The van der Waals surface area contributed by atoms with Gasteiger partial charge < -0.3 is 14.4 Å². The molecule has 37 heavy (non-hydrogen) atoms. The summed E-state index contributed by atoms with van der Waals surface area (Å²) in [6, 6.07) is 5.94. The van der Waals surface area contributed by atoms with Crippen molar-refractivity contribution in [3.8, 4) is 0 Å². The Morgan fingerprint density at radius 2 is 1.84 bits per heavy atom. The number of carbonyl (C=O) groups is 3. The number of aromatic nitrogens is 1. The fraction of sp³-hybridized carbons (Fsp3) is 0.536. The molecule has 0 spiro atoms. The lowest BCUT2D eigenvalue weighted by Crippen LogP contribution is -2.47. The number of nitrogens with zero attached hydrogens (tertiary/aromatic N) is 3. The Balaban J connectivity index is 1.71. The smallest absolute Gasteiger partial charge is 0.422 e. The molecule has 200 valence electrons. The minimum atomic E-state index is -1.04. The van der Waals surface area contributed by atoms with Gasteiger partial charge in [-0.1, -0.05) is 18.2 Å². The van der Waals surface area contributed by atoms with Crippen molar-refractivity contribution in [2.45, 2.75) is 60.3 Å². The third kappa shape index (κ3) is 4.95. The summed E-state index contributed by atoms with van der Waals surface area (Å²) in [4.78, 5) is 42.8. The molecule has 2 aliphatic rings. The highest BCUT2D eigenvalue weighted by Crippen LogP contribution is 2.45. The third-order valence-corrected chi connectivity index (χ3v) is 8.06. The molecule has 0 saturated heterocycles. The summed E-state index contributed by atoms with van der Waals surface area (Å²) >= 11 is 3.66. The van der Waals surface area contributed by atoms with Crippen LogP contribution in [-0.4, -0.2) is 71.4 Å². The molecule has 2 heterocycles. The van der Waals surface area contributed by atoms with Crippen LogP contribution in [0, 0.1) is 11.3 Å². The lowest BCUT2D eigenvalue weighted by Gasteiger charge is -2.40. The first-order valence-corrected chi connectivity index (χ1v) is 13.6. The largest absolute Gasteiger partial charge is 0.425 e. The summed E-state index contributed by atoms with van der Waals surface area (Å²) in [5, 5.41) is 0.970. The normalized spacial score (nSPS) is 20.2. The molecule has 4 rings (SSSR count). The summed E-state index contributed by atoms with van der Waals surface area (Å²) in [6.45, 7) is 12.8. The van der Waals surface area contributed by atoms with E-state index >= 15 is 0 Å². The summed E-state index contributed by atoms with van der Waals surface area (Å²) in [5.41, 5.74) is 3.15. The van der Waals surface area contributed by atoms with E-state index in [2.05, 4.69) is 40.0 Å². The number of ether oxygens (including phenoxy) is 2. The van der Waals surface area contributed by atoms with Gasteiger partial charge >= 0.3 is 12.1 Å². The molecule has 1 aromatic heterocycles. The monoisotopic (exact) mass is 573 g/mol. The van der Waals surface area contributed by atoms with Gasteiger partial charge in [0.2, 0.25) is 12.2 Å². The summed E-state index contributed by atoms with van der Waals surface area (Å²) in [5.74, 6) is -0.526. The maximum atomic E-state index is 13.3. The van der Waals surface area contributed by atoms with Crippen molar-refractivity contribution in [3.63, 3.8) is 0 Å². The first-order valence-electron chi connectivity index (χ1n) is 12.8. The molecular weight excluding hydrogens is 538 g/mol. The van der Waals surface area contributed by atoms with Gasteiger partial charge in [0.1, 0.15) is 0 Å². The average Bonchev–Trinajstić information content (AvgIpc) is 3.12. The highest BCUT2D eigenvalue weighted by atomic mass is 79.9. The Bertz CT molecular complexity index is 1270. The first kappa shape index (κ1) is 27.4. The number of benzene rings is 1. The molecule has 0 bridgehead atoms. The number of carbonyl (C=O) groups excluding carboxylic acids is 3. The van der Waals surface area contributed by atoms with Gasteiger partial charge in [-0.25, -0.2) is 9.36 Å². The highest BCUT2D eigenvalue weighted by Gasteiger charge is 2.39. The topological polar surface area (TPSA) is 81.1 Å². The van der Waals surface area contributed by atoms with E-state index in [1.165, 1.54) is 11.5 Å². The summed E-state index contributed by atoms with van der Waals surface area (Å²) in [7, 11) is 2.05. The zero-order valence-electron chi connectivity index (χ0n) is 22.6. The number of amides is 1. The number of hydrogen-bond donors (Lipinski definition) is 0. The van der Waals surface area contributed by atoms with Crippen molar-refractivity contribution in [2.75, 3.05) is 26.7 Å². The van der Waals surface area contributed by atoms with Crippen molar-refractivity contribution in [3.05, 3.63) is 40.0 Å². The lowest BCUT2D eigenvalue weighted by atomic mass is 9.79. The van der Waals surface area contributed by atoms with Gasteiger partial charge in [-0.05, 0) is 86.8 Å². The maximum Gasteiger partial charge on any atom is 0.422 e. The second kappa shape index (κ2) is 10.3. The fourth-order valence-electron chi connectivity index (χ4n) is 5.24. The van der Waals surface area contributed by atoms with Gasteiger partial charge in [-0.15, -0.1) is 0 Å². The standard InChI is InChI=1S/C28H36BrN3O5/c1-8-31(9-2)25(33)17-13-19-18-11-10-12-21-23(18)20(14-22(19)30(7)15-17)24(29)32(21)27(35)37-16(3)36-26(34)28(4,5)6/h10-13,16-17,22H,8-9,14-15H2,1-7H3/t16?,17-,22-/m1/s1. The number of fused-ring (bicyclic) bond motifs is 2. The first-order chi connectivity index (χ1) is 17.4. The van der Waals surface area contributed by atoms with Crippen molar-refractivity contribution < 1.29 is 23.9 Å². The number of esters is 1. The second-order valence-electron chi connectivity index (χ2n) is 10.8. The number of rotatable bonds is 5. The van der Waals surface area contributed by atoms with Crippen molar-refractivity contribution >= 4 is 50.4 Å². The molecule has 3 atom stereocenters. The predicted octanol–water partition coefficient (Wildman–Crippen LogP) is 5.06. The van der Waals surface area contributed by atoms with E-state index in [9.17, 15) is 14.4 Å². The van der Waals surface area contributed by atoms with Gasteiger partial charge in [-0.2, -0.15) is 0 Å². The van der Waals surface area contributed by atoms with Crippen molar-refractivity contribution in [2.24, 2.45) is 11.3 Å². The molecule has 2 aromatic rings. The molecule has 0 N–H and O–H groups in total. The van der Waals surface area contributed by atoms with Crippen molar-refractivity contribution in [1.29, 1.82) is 0 Å². The van der Waals surface area contributed by atoms with Crippen LogP contribution in [0.2, 0.25) is 0 Å². The Kier molecular flexibility index (Phi) is 7.59. The van der Waals surface area contributed by atoms with Crippen molar-refractivity contribution in [1.82, 2.24) is 14.4 Å². The Morgan fingerprint density at radius 3 is 2.46 bits per heavy atom. The summed E-state index contributed by atoms with van der Waals surface area (Å²) in [6.07, 6.45) is 1.15. The SMILES string of the molecule is CCN(CC)C(=O)[C@@H]1C=C2c3cccc4c3c(c(Br)n4C(=O)OC(C)OC(=O)C(C)(C)C)C[C@H]2N(C)C1. The van der Waals surface area contributed by atoms with Crippen LogP contribution in [0.15, 0.2) is 28.9 Å². The molecule has 0 fully saturated rings. The Hall–Kier alpha value is -2.65. The van der Waals surface area contributed by atoms with Crippen LogP contribution in [0.5, 0.6) is 0 Å². The number of likely N-dealkylation sites (N-methyl/N-ethyl adjacent to an activating group) is 1. The molecule has 1 aliphatic heterocycles. The highest BCUT2D eigenvalue weighted by molar-refractivity contribution is 9.10. The van der Waals surface area contributed by atoms with E-state index in [0.29, 0.717) is 36.2 Å². The van der Waals surface area contributed by atoms with E-state index in [0.717, 1.165) is 22.1 Å². The van der Waals surface area contributed by atoms with Crippen LogP contribution >= 0.6 is 15.9 Å². The van der Waals surface area contributed by atoms with Crippen LogP contribution in [0.4, 0.5) is 4.79 Å². The quantitative estimate of drug-likeness (QED) is 0.367. The van der Waals surface area contributed by atoms with Crippen LogP contribution < -0.4 is 0 Å². The number of halogens is 1. The predicted molar refractivity (Wildman–Crippen MR) is 146 cm³/mol. The molecule has 1 amide bonds. The van der Waals surface area contributed by atoms with E-state index in [1.807, 2.05) is 30.9 Å². The number of hydrogen-bond acceptors (Lipinski definition) is 6. The lowest BCUT2D eigenvalue weighted by molar-refractivity contribution is -0.174. The molecule has 1 unspecified atom stereocenters. The zero-order chi connectivity index (χ0) is 27.2. The molecule has 9 heteroatoms. The Labute approximate surface area is 226 Å². The molecule has 1 aliphatic carbocycles.